The molecule has 2 aliphatic rings. The van der Waals surface area contributed by atoms with E-state index in [-0.39, 0.29) is 5.56 Å². The molecule has 4 rings (SSSR count). The second kappa shape index (κ2) is 7.31. The first-order valence-electron chi connectivity index (χ1n) is 9.67. The Morgan fingerprint density at radius 1 is 1.25 bits per heavy atom. The van der Waals surface area contributed by atoms with Crippen LogP contribution in [0, 0.1) is 5.92 Å². The predicted molar refractivity (Wildman–Crippen MR) is 97.9 cm³/mol. The first-order valence-corrected chi connectivity index (χ1v) is 9.67. The Hall–Kier alpha value is -2.22. The van der Waals surface area contributed by atoms with Crippen LogP contribution < -0.4 is 5.56 Å². The average Bonchev–Trinajstić information content (AvgIpc) is 2.64. The first kappa shape index (κ1) is 19.1. The van der Waals surface area contributed by atoms with Crippen LogP contribution in [0.25, 0.3) is 0 Å². The molecule has 8 heteroatoms. The van der Waals surface area contributed by atoms with Gasteiger partial charge in [0.2, 0.25) is 0 Å². The molecule has 1 atom stereocenters. The van der Waals surface area contributed by atoms with Crippen molar-refractivity contribution in [1.82, 2.24) is 19.4 Å². The van der Waals surface area contributed by atoms with Gasteiger partial charge in [-0.2, -0.15) is 13.2 Å². The Balaban J connectivity index is 1.57. The average molecular weight is 392 g/mol. The van der Waals surface area contributed by atoms with Crippen LogP contribution in [-0.4, -0.2) is 32.5 Å². The number of nitrogens with zero attached hydrogens (tertiary/aromatic N) is 4. The molecule has 150 valence electrons. The van der Waals surface area contributed by atoms with Crippen LogP contribution in [0.1, 0.15) is 54.7 Å². The van der Waals surface area contributed by atoms with Gasteiger partial charge in [-0.1, -0.05) is 12.5 Å². The second-order valence-electron chi connectivity index (χ2n) is 7.81. The van der Waals surface area contributed by atoms with Crippen molar-refractivity contribution in [2.75, 3.05) is 13.1 Å². The van der Waals surface area contributed by atoms with E-state index in [4.69, 9.17) is 0 Å². The molecular formula is C20H23F3N4O. The van der Waals surface area contributed by atoms with E-state index in [1.165, 1.54) is 42.4 Å². The lowest BCUT2D eigenvalue weighted by Crippen LogP contribution is -2.41. The van der Waals surface area contributed by atoms with Gasteiger partial charge in [0.1, 0.15) is 5.69 Å². The highest BCUT2D eigenvalue weighted by Gasteiger charge is 2.32. The van der Waals surface area contributed by atoms with Gasteiger partial charge in [0.25, 0.3) is 5.56 Å². The van der Waals surface area contributed by atoms with Crippen LogP contribution in [0.3, 0.4) is 0 Å². The lowest BCUT2D eigenvalue weighted by molar-refractivity contribution is -0.141. The summed E-state index contributed by atoms with van der Waals surface area (Å²) in [5.41, 5.74) is 1.03. The standard InChI is InChI=1S/C20H23F3N4O/c1-13(15-5-6-18(24-9-15)20(21,22)23)27-12-25-17-7-8-26(10-14-3-2-4-14)11-16(17)19(27)28/h5-6,9,12-14H,2-4,7-8,10-11H2,1H3. The number of alkyl halides is 3. The molecule has 1 unspecified atom stereocenters. The molecule has 0 bridgehead atoms. The van der Waals surface area contributed by atoms with Gasteiger partial charge in [0.05, 0.1) is 23.6 Å². The molecule has 3 heterocycles. The van der Waals surface area contributed by atoms with Gasteiger partial charge >= 0.3 is 6.18 Å². The van der Waals surface area contributed by atoms with E-state index in [0.29, 0.717) is 17.7 Å². The van der Waals surface area contributed by atoms with E-state index in [2.05, 4.69) is 14.9 Å². The summed E-state index contributed by atoms with van der Waals surface area (Å²) in [6.07, 6.45) is 2.79. The normalized spacial score (nSPS) is 19.1. The molecule has 2 aromatic heterocycles. The van der Waals surface area contributed by atoms with Gasteiger partial charge in [0, 0.05) is 32.3 Å². The summed E-state index contributed by atoms with van der Waals surface area (Å²) < 4.78 is 39.7. The SMILES string of the molecule is CC(c1ccc(C(F)(F)F)nc1)n1cnc2c(c1=O)CN(CC1CCC1)CC2. The van der Waals surface area contributed by atoms with E-state index in [9.17, 15) is 18.0 Å². The van der Waals surface area contributed by atoms with Crippen LogP contribution in [-0.2, 0) is 19.1 Å². The van der Waals surface area contributed by atoms with Crippen LogP contribution in [0.4, 0.5) is 13.2 Å². The maximum atomic E-state index is 13.1. The largest absolute Gasteiger partial charge is 0.433 e. The Labute approximate surface area is 161 Å². The number of fused-ring (bicyclic) bond motifs is 1. The van der Waals surface area contributed by atoms with Gasteiger partial charge in [-0.15, -0.1) is 0 Å². The summed E-state index contributed by atoms with van der Waals surface area (Å²) in [7, 11) is 0. The molecular weight excluding hydrogens is 369 g/mol. The van der Waals surface area contributed by atoms with E-state index in [0.717, 1.165) is 37.2 Å². The fourth-order valence-electron chi connectivity index (χ4n) is 3.94. The Morgan fingerprint density at radius 3 is 2.64 bits per heavy atom. The second-order valence-corrected chi connectivity index (χ2v) is 7.81. The van der Waals surface area contributed by atoms with Crippen LogP contribution in [0.2, 0.25) is 0 Å². The van der Waals surface area contributed by atoms with Crippen molar-refractivity contribution >= 4 is 0 Å². The van der Waals surface area contributed by atoms with Crippen molar-refractivity contribution in [3.63, 3.8) is 0 Å². The van der Waals surface area contributed by atoms with Crippen LogP contribution in [0.5, 0.6) is 0 Å². The lowest BCUT2D eigenvalue weighted by Gasteiger charge is -2.34. The Kier molecular flexibility index (Phi) is 4.99. The number of hydrogen-bond donors (Lipinski definition) is 0. The van der Waals surface area contributed by atoms with E-state index < -0.39 is 17.9 Å². The summed E-state index contributed by atoms with van der Waals surface area (Å²) in [5.74, 6) is 0.734. The maximum Gasteiger partial charge on any atom is 0.433 e. The third-order valence-electron chi connectivity index (χ3n) is 5.94. The minimum Gasteiger partial charge on any atom is -0.298 e. The molecule has 1 saturated carbocycles. The molecule has 0 aromatic carbocycles. The molecule has 2 aromatic rings. The van der Waals surface area contributed by atoms with Crippen molar-refractivity contribution in [3.8, 4) is 0 Å². The van der Waals surface area contributed by atoms with Crippen LogP contribution in [0.15, 0.2) is 29.5 Å². The zero-order valence-corrected chi connectivity index (χ0v) is 15.7. The number of aromatic nitrogens is 3. The molecule has 0 amide bonds. The fourth-order valence-corrected chi connectivity index (χ4v) is 3.94. The molecule has 0 N–H and O–H groups in total. The van der Waals surface area contributed by atoms with Gasteiger partial charge in [-0.25, -0.2) is 4.98 Å². The monoisotopic (exact) mass is 392 g/mol. The van der Waals surface area contributed by atoms with Crippen molar-refractivity contribution in [3.05, 3.63) is 57.5 Å². The minimum absolute atomic E-state index is 0.115. The van der Waals surface area contributed by atoms with Gasteiger partial charge in [-0.3, -0.25) is 19.2 Å². The third kappa shape index (κ3) is 3.70. The fraction of sp³-hybridized carbons (Fsp3) is 0.550. The summed E-state index contributed by atoms with van der Waals surface area (Å²) in [6, 6.07) is 1.88. The molecule has 1 aliphatic carbocycles. The number of hydrogen-bond acceptors (Lipinski definition) is 4. The zero-order chi connectivity index (χ0) is 19.9. The smallest absolute Gasteiger partial charge is 0.298 e. The molecule has 1 aliphatic heterocycles. The number of rotatable bonds is 4. The van der Waals surface area contributed by atoms with E-state index in [1.807, 2.05) is 0 Å². The summed E-state index contributed by atoms with van der Waals surface area (Å²) in [4.78, 5) is 23.4. The van der Waals surface area contributed by atoms with E-state index >= 15 is 0 Å². The number of pyridine rings is 1. The molecule has 1 fully saturated rings. The van der Waals surface area contributed by atoms with Crippen molar-refractivity contribution in [2.45, 2.75) is 51.4 Å². The minimum atomic E-state index is -4.48. The van der Waals surface area contributed by atoms with E-state index in [1.54, 1.807) is 6.92 Å². The van der Waals surface area contributed by atoms with Gasteiger partial charge in [0.15, 0.2) is 0 Å². The Morgan fingerprint density at radius 2 is 2.04 bits per heavy atom. The summed E-state index contributed by atoms with van der Waals surface area (Å²) in [5, 5.41) is 0. The maximum absolute atomic E-state index is 13.1. The molecule has 0 radical (unpaired) electrons. The highest BCUT2D eigenvalue weighted by atomic mass is 19.4. The van der Waals surface area contributed by atoms with Gasteiger partial charge < -0.3 is 0 Å². The molecule has 0 spiro atoms. The highest BCUT2D eigenvalue weighted by molar-refractivity contribution is 5.23. The third-order valence-corrected chi connectivity index (χ3v) is 5.94. The summed E-state index contributed by atoms with van der Waals surface area (Å²) in [6.45, 7) is 4.30. The van der Waals surface area contributed by atoms with Crippen molar-refractivity contribution in [1.29, 1.82) is 0 Å². The van der Waals surface area contributed by atoms with Gasteiger partial charge in [-0.05, 0) is 37.3 Å². The summed E-state index contributed by atoms with van der Waals surface area (Å²) >= 11 is 0. The van der Waals surface area contributed by atoms with Crippen molar-refractivity contribution < 1.29 is 13.2 Å². The highest BCUT2D eigenvalue weighted by Crippen LogP contribution is 2.29. The molecule has 0 saturated heterocycles. The predicted octanol–water partition coefficient (Wildman–Crippen LogP) is 3.42. The topological polar surface area (TPSA) is 51.0 Å². The number of halogens is 3. The van der Waals surface area contributed by atoms with Crippen LogP contribution >= 0.6 is 0 Å². The molecule has 5 nitrogen and oxygen atoms in total. The van der Waals surface area contributed by atoms with Crippen molar-refractivity contribution in [2.24, 2.45) is 5.92 Å². The lowest BCUT2D eigenvalue weighted by atomic mass is 9.84. The first-order chi connectivity index (χ1) is 13.3. The Bertz CT molecular complexity index is 903. The zero-order valence-electron chi connectivity index (χ0n) is 15.7. The molecule has 28 heavy (non-hydrogen) atoms. The quantitative estimate of drug-likeness (QED) is 0.800.